The number of fused-ring (bicyclic) bond motifs is 1. The average molecular weight is 572 g/mol. The molecule has 42 heavy (non-hydrogen) atoms. The maximum atomic E-state index is 13.2. The summed E-state index contributed by atoms with van der Waals surface area (Å²) in [5, 5.41) is 22.0. The summed E-state index contributed by atoms with van der Waals surface area (Å²) in [7, 11) is 0. The Morgan fingerprint density at radius 2 is 1.69 bits per heavy atom. The van der Waals surface area contributed by atoms with E-state index in [2.05, 4.69) is 40.7 Å². The number of benzene rings is 2. The quantitative estimate of drug-likeness (QED) is 0.226. The van der Waals surface area contributed by atoms with E-state index in [0.717, 1.165) is 36.9 Å². The van der Waals surface area contributed by atoms with Gasteiger partial charge >= 0.3 is 0 Å². The first-order chi connectivity index (χ1) is 20.0. The predicted molar refractivity (Wildman–Crippen MR) is 169 cm³/mol. The third kappa shape index (κ3) is 6.02. The number of allylic oxidation sites excluding steroid dienone is 1. The number of nitrogens with zero attached hydrogens (tertiary/aromatic N) is 1. The summed E-state index contributed by atoms with van der Waals surface area (Å²) in [6.07, 6.45) is 7.11. The summed E-state index contributed by atoms with van der Waals surface area (Å²) in [5.74, 6) is 1.55. The molecule has 5 nitrogen and oxygen atoms in total. The van der Waals surface area contributed by atoms with E-state index in [1.54, 1.807) is 4.90 Å². The topological polar surface area (TPSA) is 70.0 Å². The van der Waals surface area contributed by atoms with Gasteiger partial charge in [-0.15, -0.1) is 0 Å². The molecule has 5 heteroatoms. The largest absolute Gasteiger partial charge is 0.392 e. The van der Waals surface area contributed by atoms with E-state index in [4.69, 9.17) is 4.74 Å². The van der Waals surface area contributed by atoms with E-state index in [1.807, 2.05) is 66.7 Å². The lowest BCUT2D eigenvalue weighted by Crippen LogP contribution is -2.33. The zero-order valence-electron chi connectivity index (χ0n) is 26.0. The fourth-order valence-electron chi connectivity index (χ4n) is 8.42. The van der Waals surface area contributed by atoms with Crippen LogP contribution in [0.2, 0.25) is 0 Å². The number of amides is 1. The molecule has 3 saturated carbocycles. The Kier molecular flexibility index (Phi) is 9.13. The lowest BCUT2D eigenvalue weighted by Gasteiger charge is -2.23. The molecule has 2 aromatic carbocycles. The van der Waals surface area contributed by atoms with Crippen molar-refractivity contribution in [1.29, 1.82) is 0 Å². The van der Waals surface area contributed by atoms with Crippen molar-refractivity contribution in [3.8, 4) is 0 Å². The Morgan fingerprint density at radius 1 is 1.02 bits per heavy atom. The van der Waals surface area contributed by atoms with Gasteiger partial charge in [-0.25, -0.2) is 0 Å². The Bertz CT molecular complexity index is 1280. The van der Waals surface area contributed by atoms with Crippen molar-refractivity contribution in [3.05, 3.63) is 89.5 Å². The first kappa shape index (κ1) is 30.7. The van der Waals surface area contributed by atoms with Crippen LogP contribution in [0.4, 0.5) is 5.69 Å². The van der Waals surface area contributed by atoms with Gasteiger partial charge in [-0.05, 0) is 80.4 Å². The molecule has 2 aromatic rings. The second-order valence-electron chi connectivity index (χ2n) is 13.8. The van der Waals surface area contributed by atoms with E-state index >= 15 is 0 Å². The molecule has 0 bridgehead atoms. The van der Waals surface area contributed by atoms with E-state index in [0.29, 0.717) is 30.9 Å². The Morgan fingerprint density at radius 3 is 2.33 bits per heavy atom. The highest BCUT2D eigenvalue weighted by Crippen LogP contribution is 2.71. The van der Waals surface area contributed by atoms with Crippen molar-refractivity contribution >= 4 is 11.6 Å². The number of carbonyl (C=O) groups is 1. The van der Waals surface area contributed by atoms with Crippen LogP contribution in [-0.2, 0) is 16.1 Å². The molecule has 0 aliphatic heterocycles. The number of rotatable bonds is 11. The molecular formula is C37H49NO4. The van der Waals surface area contributed by atoms with Crippen LogP contribution in [0.15, 0.2) is 84.0 Å². The number of hydrogen-bond donors (Lipinski definition) is 2. The molecule has 0 spiro atoms. The number of aliphatic hydroxyl groups is 2. The van der Waals surface area contributed by atoms with Gasteiger partial charge in [-0.3, -0.25) is 4.79 Å². The highest BCUT2D eigenvalue weighted by atomic mass is 16.5. The molecule has 3 aliphatic carbocycles. The van der Waals surface area contributed by atoms with Gasteiger partial charge in [0, 0.05) is 23.6 Å². The second-order valence-corrected chi connectivity index (χ2v) is 13.8. The van der Waals surface area contributed by atoms with Gasteiger partial charge < -0.3 is 19.8 Å². The van der Waals surface area contributed by atoms with Gasteiger partial charge in [0.1, 0.15) is 6.61 Å². The highest BCUT2D eigenvalue weighted by molar-refractivity contribution is 5.94. The van der Waals surface area contributed by atoms with Crippen LogP contribution in [0, 0.1) is 34.5 Å². The standard InChI is InChI=1S/C37H49NO4/c1-25(2)35-36(3,4)37(35,5)33(40)17-16-30-31-21-27(20-28(31)22-32(30)39)18-19-42-24-34(41)38(29-14-10-7-11-15-29)23-26-12-8-6-9-13-26/h6-17,27-28,30-33,39-40H,18-24H2,1-5H3/t27?,28-,30+,31+,32+,33?,37?/m0/s1. The van der Waals surface area contributed by atoms with Crippen molar-refractivity contribution < 1.29 is 19.7 Å². The molecule has 7 atom stereocenters. The highest BCUT2D eigenvalue weighted by Gasteiger charge is 2.66. The number of anilines is 1. The third-order valence-electron chi connectivity index (χ3n) is 10.8. The maximum Gasteiger partial charge on any atom is 0.253 e. The maximum absolute atomic E-state index is 13.2. The van der Waals surface area contributed by atoms with E-state index in [-0.39, 0.29) is 35.4 Å². The molecular weight excluding hydrogens is 522 g/mol. The number of carbonyl (C=O) groups excluding carboxylic acids is 1. The van der Waals surface area contributed by atoms with Crippen molar-refractivity contribution in [2.75, 3.05) is 18.1 Å². The zero-order chi connectivity index (χ0) is 30.1. The van der Waals surface area contributed by atoms with Gasteiger partial charge in [0.05, 0.1) is 18.8 Å². The molecule has 2 N–H and O–H groups in total. The van der Waals surface area contributed by atoms with Crippen LogP contribution < -0.4 is 4.90 Å². The van der Waals surface area contributed by atoms with E-state index in [9.17, 15) is 15.0 Å². The van der Waals surface area contributed by atoms with Crippen LogP contribution in [0.3, 0.4) is 0 Å². The molecule has 3 fully saturated rings. The average Bonchev–Trinajstić information content (AvgIpc) is 3.20. The lowest BCUT2D eigenvalue weighted by atomic mass is 9.87. The second kappa shape index (κ2) is 12.5. The SMILES string of the molecule is CC(C)=C1C(C)(C)C1(C)C(O)C=C[C@@H]1[C@@H]2CC(CCOCC(=O)N(Cc3ccccc3)c3ccccc3)C[C@H]2C[C@H]1O. The minimum absolute atomic E-state index is 0.00801. The van der Waals surface area contributed by atoms with E-state index < -0.39 is 6.10 Å². The molecule has 3 aliphatic rings. The number of ether oxygens (including phenoxy) is 1. The first-order valence-corrected chi connectivity index (χ1v) is 15.7. The molecule has 0 radical (unpaired) electrons. The van der Waals surface area contributed by atoms with Crippen molar-refractivity contribution in [2.45, 2.75) is 79.1 Å². The van der Waals surface area contributed by atoms with Crippen LogP contribution >= 0.6 is 0 Å². The molecule has 1 amide bonds. The molecule has 3 unspecified atom stereocenters. The number of aliphatic hydroxyl groups excluding tert-OH is 2. The first-order valence-electron chi connectivity index (χ1n) is 15.7. The van der Waals surface area contributed by atoms with Crippen molar-refractivity contribution in [1.82, 2.24) is 0 Å². The summed E-state index contributed by atoms with van der Waals surface area (Å²) in [4.78, 5) is 15.0. The molecule has 226 valence electrons. The summed E-state index contributed by atoms with van der Waals surface area (Å²) in [6.45, 7) is 12.0. The number of para-hydroxylation sites is 1. The third-order valence-corrected chi connectivity index (χ3v) is 10.8. The van der Waals surface area contributed by atoms with Gasteiger partial charge in [-0.2, -0.15) is 0 Å². The van der Waals surface area contributed by atoms with Gasteiger partial charge in [-0.1, -0.05) is 92.6 Å². The summed E-state index contributed by atoms with van der Waals surface area (Å²) >= 11 is 0. The van der Waals surface area contributed by atoms with Gasteiger partial charge in [0.25, 0.3) is 5.91 Å². The Labute approximate surface area is 252 Å². The fraction of sp³-hybridized carbons (Fsp3) is 0.541. The summed E-state index contributed by atoms with van der Waals surface area (Å²) < 4.78 is 5.95. The van der Waals surface area contributed by atoms with E-state index in [1.165, 1.54) is 11.1 Å². The monoisotopic (exact) mass is 571 g/mol. The summed E-state index contributed by atoms with van der Waals surface area (Å²) in [6, 6.07) is 19.8. The van der Waals surface area contributed by atoms with Crippen LogP contribution in [0.1, 0.15) is 65.9 Å². The minimum atomic E-state index is -0.552. The summed E-state index contributed by atoms with van der Waals surface area (Å²) in [5.41, 5.74) is 4.35. The normalized spacial score (nSPS) is 30.4. The minimum Gasteiger partial charge on any atom is -0.392 e. The lowest BCUT2D eigenvalue weighted by molar-refractivity contribution is -0.123. The molecule has 0 aromatic heterocycles. The Balaban J connectivity index is 1.12. The molecule has 5 rings (SSSR count). The van der Waals surface area contributed by atoms with Crippen LogP contribution in [0.25, 0.3) is 0 Å². The number of hydrogen-bond acceptors (Lipinski definition) is 4. The molecule has 0 saturated heterocycles. The fourth-order valence-corrected chi connectivity index (χ4v) is 8.42. The Hall–Kier alpha value is -2.73. The van der Waals surface area contributed by atoms with Crippen LogP contribution in [0.5, 0.6) is 0 Å². The smallest absolute Gasteiger partial charge is 0.253 e. The van der Waals surface area contributed by atoms with Gasteiger partial charge in [0.15, 0.2) is 0 Å². The zero-order valence-corrected chi connectivity index (χ0v) is 26.0. The van der Waals surface area contributed by atoms with Crippen molar-refractivity contribution in [3.63, 3.8) is 0 Å². The van der Waals surface area contributed by atoms with Crippen molar-refractivity contribution in [2.24, 2.45) is 34.5 Å². The van der Waals surface area contributed by atoms with Gasteiger partial charge in [0.2, 0.25) is 0 Å². The van der Waals surface area contributed by atoms with Crippen LogP contribution in [-0.4, -0.2) is 41.5 Å². The predicted octanol–water partition coefficient (Wildman–Crippen LogP) is 6.95. The molecule has 0 heterocycles.